The fraction of sp³-hybridized carbons (Fsp3) is 0.571. The molecule has 0 aliphatic heterocycles. The fourth-order valence-corrected chi connectivity index (χ4v) is 1.57. The van der Waals surface area contributed by atoms with Crippen LogP contribution >= 0.6 is 0 Å². The number of ether oxygens (including phenoxy) is 2. The van der Waals surface area contributed by atoms with Crippen molar-refractivity contribution >= 4 is 0 Å². The van der Waals surface area contributed by atoms with Crippen LogP contribution < -0.4 is 15.2 Å². The molecule has 0 aliphatic rings. The smallest absolute Gasteiger partial charge is 0.122 e. The Kier molecular flexibility index (Phi) is 6.48. The molecule has 0 heterocycles. The van der Waals surface area contributed by atoms with Crippen LogP contribution in [0.2, 0.25) is 0 Å². The van der Waals surface area contributed by atoms with Crippen LogP contribution in [0.1, 0.15) is 32.3 Å². The van der Waals surface area contributed by atoms with Crippen LogP contribution in [0.5, 0.6) is 11.5 Å². The van der Waals surface area contributed by atoms with E-state index in [0.717, 1.165) is 49.5 Å². The van der Waals surface area contributed by atoms with Gasteiger partial charge in [0.1, 0.15) is 11.5 Å². The van der Waals surface area contributed by atoms with Crippen LogP contribution in [0, 0.1) is 0 Å². The van der Waals surface area contributed by atoms with Gasteiger partial charge in [-0.2, -0.15) is 0 Å². The van der Waals surface area contributed by atoms with Gasteiger partial charge in [0.25, 0.3) is 0 Å². The normalized spacial score (nSPS) is 10.3. The van der Waals surface area contributed by atoms with Crippen LogP contribution in [0.4, 0.5) is 0 Å². The maximum Gasteiger partial charge on any atom is 0.122 e. The highest BCUT2D eigenvalue weighted by atomic mass is 16.5. The van der Waals surface area contributed by atoms with Gasteiger partial charge in [-0.3, -0.25) is 0 Å². The van der Waals surface area contributed by atoms with Crippen LogP contribution in [-0.4, -0.2) is 19.8 Å². The molecule has 1 aromatic carbocycles. The molecule has 96 valence electrons. The Bertz CT molecular complexity index is 326. The molecule has 0 aromatic heterocycles. The summed E-state index contributed by atoms with van der Waals surface area (Å²) in [5.74, 6) is 1.83. The van der Waals surface area contributed by atoms with Crippen molar-refractivity contribution in [2.75, 3.05) is 19.8 Å². The molecule has 0 amide bonds. The minimum absolute atomic E-state index is 0.625. The van der Waals surface area contributed by atoms with E-state index in [1.54, 1.807) is 0 Å². The van der Waals surface area contributed by atoms with Gasteiger partial charge in [-0.25, -0.2) is 0 Å². The zero-order valence-electron chi connectivity index (χ0n) is 10.9. The molecular formula is C14H23NO2. The molecule has 17 heavy (non-hydrogen) atoms. The Hall–Kier alpha value is -1.22. The quantitative estimate of drug-likeness (QED) is 0.756. The lowest BCUT2D eigenvalue weighted by atomic mass is 10.1. The largest absolute Gasteiger partial charge is 0.494 e. The van der Waals surface area contributed by atoms with Crippen molar-refractivity contribution < 1.29 is 9.47 Å². The van der Waals surface area contributed by atoms with Crippen molar-refractivity contribution in [2.24, 2.45) is 5.73 Å². The molecule has 3 nitrogen and oxygen atoms in total. The minimum atomic E-state index is 0.625. The summed E-state index contributed by atoms with van der Waals surface area (Å²) in [6.45, 7) is 6.31. The van der Waals surface area contributed by atoms with Gasteiger partial charge < -0.3 is 15.2 Å². The molecule has 0 unspecified atom stereocenters. The molecule has 0 aliphatic carbocycles. The van der Waals surface area contributed by atoms with Gasteiger partial charge in [0.2, 0.25) is 0 Å². The third-order valence-electron chi connectivity index (χ3n) is 2.38. The summed E-state index contributed by atoms with van der Waals surface area (Å²) in [5, 5.41) is 0. The first-order chi connectivity index (χ1) is 8.31. The van der Waals surface area contributed by atoms with Gasteiger partial charge in [-0.05, 0) is 49.6 Å². The van der Waals surface area contributed by atoms with Gasteiger partial charge in [0, 0.05) is 0 Å². The number of hydrogen-bond acceptors (Lipinski definition) is 3. The highest BCUT2D eigenvalue weighted by Gasteiger charge is 2.05. The van der Waals surface area contributed by atoms with Crippen LogP contribution in [0.15, 0.2) is 18.2 Å². The first kappa shape index (κ1) is 13.8. The average molecular weight is 237 g/mol. The molecule has 1 rings (SSSR count). The Morgan fingerprint density at radius 2 is 1.76 bits per heavy atom. The number of nitrogens with two attached hydrogens (primary N) is 1. The second kappa shape index (κ2) is 7.96. The number of benzene rings is 1. The predicted octanol–water partition coefficient (Wildman–Crippen LogP) is 2.77. The van der Waals surface area contributed by atoms with E-state index in [4.69, 9.17) is 15.2 Å². The van der Waals surface area contributed by atoms with Crippen molar-refractivity contribution in [3.63, 3.8) is 0 Å². The summed E-state index contributed by atoms with van der Waals surface area (Å²) in [4.78, 5) is 0. The van der Waals surface area contributed by atoms with Crippen LogP contribution in [-0.2, 0) is 6.42 Å². The van der Waals surface area contributed by atoms with Crippen molar-refractivity contribution in [1.82, 2.24) is 0 Å². The van der Waals surface area contributed by atoms with E-state index in [-0.39, 0.29) is 0 Å². The summed E-state index contributed by atoms with van der Waals surface area (Å²) in [7, 11) is 0. The highest BCUT2D eigenvalue weighted by Crippen LogP contribution is 2.25. The molecule has 1 aromatic rings. The zero-order valence-corrected chi connectivity index (χ0v) is 10.9. The Balaban J connectivity index is 2.75. The summed E-state index contributed by atoms with van der Waals surface area (Å²) >= 11 is 0. The standard InChI is InChI=1S/C14H23NO2/c1-3-9-16-13-5-6-14(17-10-4-2)12(11-13)7-8-15/h5-6,11H,3-4,7-10,15H2,1-2H3. The monoisotopic (exact) mass is 237 g/mol. The average Bonchev–Trinajstić information content (AvgIpc) is 2.35. The van der Waals surface area contributed by atoms with E-state index in [1.807, 2.05) is 18.2 Å². The van der Waals surface area contributed by atoms with Crippen molar-refractivity contribution in [3.05, 3.63) is 23.8 Å². The van der Waals surface area contributed by atoms with Gasteiger partial charge in [-0.1, -0.05) is 13.8 Å². The van der Waals surface area contributed by atoms with E-state index in [9.17, 15) is 0 Å². The van der Waals surface area contributed by atoms with Crippen molar-refractivity contribution in [1.29, 1.82) is 0 Å². The summed E-state index contributed by atoms with van der Waals surface area (Å²) < 4.78 is 11.3. The second-order valence-electron chi connectivity index (χ2n) is 4.01. The third-order valence-corrected chi connectivity index (χ3v) is 2.38. The minimum Gasteiger partial charge on any atom is -0.494 e. The first-order valence-corrected chi connectivity index (χ1v) is 6.40. The Morgan fingerprint density at radius 1 is 1.06 bits per heavy atom. The van der Waals surface area contributed by atoms with Crippen LogP contribution in [0.25, 0.3) is 0 Å². The maximum atomic E-state index is 5.69. The summed E-state index contributed by atoms with van der Waals surface area (Å²) in [6, 6.07) is 5.97. The maximum absolute atomic E-state index is 5.69. The fourth-order valence-electron chi connectivity index (χ4n) is 1.57. The van der Waals surface area contributed by atoms with E-state index >= 15 is 0 Å². The molecule has 0 bridgehead atoms. The molecule has 0 radical (unpaired) electrons. The molecule has 0 spiro atoms. The lowest BCUT2D eigenvalue weighted by molar-refractivity contribution is 0.306. The van der Waals surface area contributed by atoms with E-state index in [0.29, 0.717) is 6.54 Å². The Labute approximate surface area is 104 Å². The lowest BCUT2D eigenvalue weighted by Crippen LogP contribution is -2.06. The van der Waals surface area contributed by atoms with E-state index < -0.39 is 0 Å². The summed E-state index contributed by atoms with van der Waals surface area (Å²) in [6.07, 6.45) is 2.85. The molecule has 0 saturated carbocycles. The Morgan fingerprint density at radius 3 is 2.41 bits per heavy atom. The lowest BCUT2D eigenvalue weighted by Gasteiger charge is -2.12. The predicted molar refractivity (Wildman–Crippen MR) is 70.8 cm³/mol. The van der Waals surface area contributed by atoms with Gasteiger partial charge in [-0.15, -0.1) is 0 Å². The topological polar surface area (TPSA) is 44.5 Å². The first-order valence-electron chi connectivity index (χ1n) is 6.40. The van der Waals surface area contributed by atoms with Crippen molar-refractivity contribution in [2.45, 2.75) is 33.1 Å². The van der Waals surface area contributed by atoms with Gasteiger partial charge in [0.05, 0.1) is 13.2 Å². The molecular weight excluding hydrogens is 214 g/mol. The van der Waals surface area contributed by atoms with Gasteiger partial charge >= 0.3 is 0 Å². The number of hydrogen-bond donors (Lipinski definition) is 1. The zero-order chi connectivity index (χ0) is 12.5. The van der Waals surface area contributed by atoms with E-state index in [1.165, 1.54) is 0 Å². The highest BCUT2D eigenvalue weighted by molar-refractivity contribution is 5.40. The molecule has 0 fully saturated rings. The third kappa shape index (κ3) is 4.65. The number of rotatable bonds is 8. The SMILES string of the molecule is CCCOc1ccc(OCCC)c(CCN)c1. The molecule has 2 N–H and O–H groups in total. The van der Waals surface area contributed by atoms with E-state index in [2.05, 4.69) is 13.8 Å². The molecule has 0 atom stereocenters. The summed E-state index contributed by atoms with van der Waals surface area (Å²) in [5.41, 5.74) is 6.75. The van der Waals surface area contributed by atoms with Crippen LogP contribution in [0.3, 0.4) is 0 Å². The molecule has 0 saturated heterocycles. The van der Waals surface area contributed by atoms with Crippen molar-refractivity contribution in [3.8, 4) is 11.5 Å². The van der Waals surface area contributed by atoms with Gasteiger partial charge in [0.15, 0.2) is 0 Å². The second-order valence-corrected chi connectivity index (χ2v) is 4.01. The molecule has 3 heteroatoms.